The van der Waals surface area contributed by atoms with Gasteiger partial charge in [-0.2, -0.15) is 0 Å². The van der Waals surface area contributed by atoms with Crippen molar-refractivity contribution < 1.29 is 14.8 Å². The number of quaternary nitrogens is 1. The second kappa shape index (κ2) is 7.47. The Morgan fingerprint density at radius 3 is 2.48 bits per heavy atom. The molecule has 0 aliphatic rings. The smallest absolute Gasteiger partial charge is 0.158 e. The van der Waals surface area contributed by atoms with Gasteiger partial charge in [0.2, 0.25) is 0 Å². The molecule has 0 radical (unpaired) electrons. The van der Waals surface area contributed by atoms with Gasteiger partial charge in [-0.05, 0) is 29.8 Å². The number of halogens is 1. The van der Waals surface area contributed by atoms with Crippen LogP contribution in [-0.4, -0.2) is 11.7 Å². The SMILES string of the molecule is O[C@@H](C[NH2+]Cc1ccc(-c2ccccc2Cl)o1)c1ccccc1. The number of nitrogens with two attached hydrogens (primary N) is 1. The number of hydrogen-bond donors (Lipinski definition) is 2. The van der Waals surface area contributed by atoms with E-state index in [0.717, 1.165) is 22.6 Å². The zero-order valence-corrected chi connectivity index (χ0v) is 13.4. The Kier molecular flexibility index (Phi) is 5.13. The van der Waals surface area contributed by atoms with Crippen LogP contribution in [0.15, 0.2) is 71.1 Å². The van der Waals surface area contributed by atoms with Gasteiger partial charge in [0, 0.05) is 5.56 Å². The van der Waals surface area contributed by atoms with Gasteiger partial charge in [-0.15, -0.1) is 0 Å². The molecule has 0 bridgehead atoms. The summed E-state index contributed by atoms with van der Waals surface area (Å²) in [4.78, 5) is 0. The van der Waals surface area contributed by atoms with E-state index in [1.54, 1.807) is 0 Å². The normalized spacial score (nSPS) is 12.3. The maximum atomic E-state index is 10.1. The average Bonchev–Trinajstić information content (AvgIpc) is 3.04. The minimum Gasteiger partial charge on any atom is -0.455 e. The third kappa shape index (κ3) is 4.02. The van der Waals surface area contributed by atoms with Gasteiger partial charge in [-0.3, -0.25) is 0 Å². The Morgan fingerprint density at radius 2 is 1.70 bits per heavy atom. The summed E-state index contributed by atoms with van der Waals surface area (Å²) in [7, 11) is 0. The van der Waals surface area contributed by atoms with Gasteiger partial charge >= 0.3 is 0 Å². The maximum absolute atomic E-state index is 10.1. The molecule has 0 amide bonds. The molecule has 3 nitrogen and oxygen atoms in total. The Bertz CT molecular complexity index is 755. The number of aliphatic hydroxyl groups is 1. The minimum absolute atomic E-state index is 0.478. The first-order valence-electron chi connectivity index (χ1n) is 7.62. The molecule has 0 fully saturated rings. The van der Waals surface area contributed by atoms with E-state index >= 15 is 0 Å². The average molecular weight is 329 g/mol. The third-order valence-corrected chi connectivity index (χ3v) is 4.05. The second-order valence-electron chi connectivity index (χ2n) is 5.40. The van der Waals surface area contributed by atoms with Crippen molar-refractivity contribution in [1.82, 2.24) is 0 Å². The van der Waals surface area contributed by atoms with Gasteiger partial charge in [0.05, 0.1) is 5.02 Å². The van der Waals surface area contributed by atoms with Crippen LogP contribution in [0.3, 0.4) is 0 Å². The topological polar surface area (TPSA) is 50.0 Å². The molecular formula is C19H19ClNO2+. The fourth-order valence-electron chi connectivity index (χ4n) is 2.49. The summed E-state index contributed by atoms with van der Waals surface area (Å²) >= 11 is 6.18. The summed E-state index contributed by atoms with van der Waals surface area (Å²) in [5.74, 6) is 1.63. The molecule has 1 heterocycles. The van der Waals surface area contributed by atoms with Crippen molar-refractivity contribution in [3.63, 3.8) is 0 Å². The van der Waals surface area contributed by atoms with Crippen molar-refractivity contribution in [3.05, 3.63) is 83.1 Å². The van der Waals surface area contributed by atoms with Crippen LogP contribution in [0.25, 0.3) is 11.3 Å². The highest BCUT2D eigenvalue weighted by Crippen LogP contribution is 2.28. The van der Waals surface area contributed by atoms with Crippen molar-refractivity contribution in [1.29, 1.82) is 0 Å². The van der Waals surface area contributed by atoms with E-state index in [1.807, 2.05) is 72.0 Å². The molecule has 0 spiro atoms. The van der Waals surface area contributed by atoms with Gasteiger partial charge in [0.1, 0.15) is 25.0 Å². The molecule has 2 aromatic carbocycles. The number of benzene rings is 2. The zero-order valence-electron chi connectivity index (χ0n) is 12.7. The van der Waals surface area contributed by atoms with Crippen molar-refractivity contribution >= 4 is 11.6 Å². The Morgan fingerprint density at radius 1 is 0.957 bits per heavy atom. The lowest BCUT2D eigenvalue weighted by Crippen LogP contribution is -2.83. The molecule has 0 aliphatic carbocycles. The Labute approximate surface area is 140 Å². The molecular weight excluding hydrogens is 310 g/mol. The fourth-order valence-corrected chi connectivity index (χ4v) is 2.72. The predicted octanol–water partition coefficient (Wildman–Crippen LogP) is 3.40. The number of furan rings is 1. The van der Waals surface area contributed by atoms with Gasteiger partial charge in [0.15, 0.2) is 5.76 Å². The van der Waals surface area contributed by atoms with Crippen LogP contribution in [0.5, 0.6) is 0 Å². The highest BCUT2D eigenvalue weighted by Gasteiger charge is 2.11. The molecule has 3 rings (SSSR count). The van der Waals surface area contributed by atoms with Crippen LogP contribution >= 0.6 is 11.6 Å². The van der Waals surface area contributed by atoms with E-state index < -0.39 is 6.10 Å². The Balaban J connectivity index is 1.57. The van der Waals surface area contributed by atoms with E-state index in [2.05, 4.69) is 0 Å². The summed E-state index contributed by atoms with van der Waals surface area (Å²) in [6.45, 7) is 1.26. The molecule has 0 unspecified atom stereocenters. The van der Waals surface area contributed by atoms with Crippen molar-refractivity contribution in [2.75, 3.05) is 6.54 Å². The van der Waals surface area contributed by atoms with Crippen molar-refractivity contribution in [3.8, 4) is 11.3 Å². The first-order chi connectivity index (χ1) is 11.2. The van der Waals surface area contributed by atoms with Gasteiger partial charge in [0.25, 0.3) is 0 Å². The van der Waals surface area contributed by atoms with Crippen LogP contribution < -0.4 is 5.32 Å². The number of aliphatic hydroxyl groups excluding tert-OH is 1. The van der Waals surface area contributed by atoms with Crippen LogP contribution in [-0.2, 0) is 6.54 Å². The van der Waals surface area contributed by atoms with Crippen molar-refractivity contribution in [2.24, 2.45) is 0 Å². The molecule has 0 saturated heterocycles. The van der Waals surface area contributed by atoms with Gasteiger partial charge in [-0.25, -0.2) is 0 Å². The van der Waals surface area contributed by atoms with E-state index in [-0.39, 0.29) is 0 Å². The fraction of sp³-hybridized carbons (Fsp3) is 0.158. The van der Waals surface area contributed by atoms with E-state index in [4.69, 9.17) is 16.0 Å². The maximum Gasteiger partial charge on any atom is 0.158 e. The molecule has 1 aromatic heterocycles. The van der Waals surface area contributed by atoms with Crippen molar-refractivity contribution in [2.45, 2.75) is 12.6 Å². The van der Waals surface area contributed by atoms with E-state index in [9.17, 15) is 5.11 Å². The summed E-state index contributed by atoms with van der Waals surface area (Å²) in [6.07, 6.45) is -0.478. The summed E-state index contributed by atoms with van der Waals surface area (Å²) in [6, 6.07) is 21.2. The molecule has 0 aliphatic heterocycles. The molecule has 0 saturated carbocycles. The number of hydrogen-bond acceptors (Lipinski definition) is 2. The quantitative estimate of drug-likeness (QED) is 0.728. The van der Waals surface area contributed by atoms with E-state index in [0.29, 0.717) is 18.1 Å². The Hall–Kier alpha value is -2.07. The summed E-state index contributed by atoms with van der Waals surface area (Å²) in [5.41, 5.74) is 1.82. The first-order valence-corrected chi connectivity index (χ1v) is 8.00. The van der Waals surface area contributed by atoms with E-state index in [1.165, 1.54) is 0 Å². The summed E-state index contributed by atoms with van der Waals surface area (Å²) in [5, 5.41) is 12.9. The lowest BCUT2D eigenvalue weighted by molar-refractivity contribution is -0.679. The highest BCUT2D eigenvalue weighted by molar-refractivity contribution is 6.33. The predicted molar refractivity (Wildman–Crippen MR) is 91.1 cm³/mol. The lowest BCUT2D eigenvalue weighted by atomic mass is 10.1. The van der Waals surface area contributed by atoms with Crippen LogP contribution in [0, 0.1) is 0 Å². The van der Waals surface area contributed by atoms with Crippen LogP contribution in [0.2, 0.25) is 5.02 Å². The first kappa shape index (κ1) is 15.8. The monoisotopic (exact) mass is 328 g/mol. The van der Waals surface area contributed by atoms with Gasteiger partial charge < -0.3 is 14.8 Å². The highest BCUT2D eigenvalue weighted by atomic mass is 35.5. The standard InChI is InChI=1S/C19H18ClNO2/c20-17-9-5-4-8-16(17)19-11-10-15(23-19)12-21-13-18(22)14-6-2-1-3-7-14/h1-11,18,21-22H,12-13H2/p+1/t18-/m0/s1. The number of rotatable bonds is 6. The molecule has 118 valence electrons. The second-order valence-corrected chi connectivity index (χ2v) is 5.81. The molecule has 3 N–H and O–H groups in total. The molecule has 4 heteroatoms. The van der Waals surface area contributed by atoms with Crippen LogP contribution in [0.1, 0.15) is 17.4 Å². The lowest BCUT2D eigenvalue weighted by Gasteiger charge is -2.08. The third-order valence-electron chi connectivity index (χ3n) is 3.72. The largest absolute Gasteiger partial charge is 0.455 e. The minimum atomic E-state index is -0.478. The molecule has 1 atom stereocenters. The summed E-state index contributed by atoms with van der Waals surface area (Å²) < 4.78 is 5.84. The molecule has 3 aromatic rings. The zero-order chi connectivity index (χ0) is 16.1. The van der Waals surface area contributed by atoms with Crippen LogP contribution in [0.4, 0.5) is 0 Å². The molecule has 23 heavy (non-hydrogen) atoms. The van der Waals surface area contributed by atoms with Gasteiger partial charge in [-0.1, -0.05) is 54.1 Å².